The summed E-state index contributed by atoms with van der Waals surface area (Å²) in [5.41, 5.74) is 7.71. The van der Waals surface area contributed by atoms with Gasteiger partial charge in [0.1, 0.15) is 5.75 Å². The Morgan fingerprint density at radius 1 is 0.976 bits per heavy atom. The number of carbonyl (C=O) groups excluding carboxylic acids is 1. The van der Waals surface area contributed by atoms with Crippen LogP contribution in [0.15, 0.2) is 54.1 Å². The number of carboxylic acid groups (broad SMARTS) is 1. The van der Waals surface area contributed by atoms with Crippen molar-refractivity contribution in [2.45, 2.75) is 81.3 Å². The molecule has 2 saturated carbocycles. The molecule has 2 saturated heterocycles. The normalized spacial score (nSPS) is 25.4. The van der Waals surface area contributed by atoms with Crippen molar-refractivity contribution in [3.8, 4) is 5.75 Å². The Balaban J connectivity index is 1.16. The number of aliphatic carboxylic acids is 1. The van der Waals surface area contributed by atoms with Crippen molar-refractivity contribution in [1.82, 2.24) is 0 Å². The SMILES string of the molecule is NC(=C(COC1CC2CC[C@@H](C1)N2c1ccc(C2(C(=O)O)CC2)cc1)C(=O)C1CC1)c1ccccc1OC(F)(F)F. The van der Waals surface area contributed by atoms with E-state index in [0.717, 1.165) is 49.8 Å². The molecule has 6 rings (SSSR count). The molecule has 2 aromatic rings. The Bertz CT molecular complexity index is 1350. The fraction of sp³-hybridized carbons (Fsp3) is 0.484. The zero-order valence-electron chi connectivity index (χ0n) is 22.5. The van der Waals surface area contributed by atoms with Crippen LogP contribution >= 0.6 is 0 Å². The average Bonchev–Trinajstić information content (AvgIpc) is 3.85. The first-order chi connectivity index (χ1) is 19.6. The molecule has 7 nitrogen and oxygen atoms in total. The number of para-hydroxylation sites is 1. The average molecular weight is 571 g/mol. The number of nitrogens with zero attached hydrogens (tertiary/aromatic N) is 1. The third kappa shape index (κ3) is 5.54. The highest BCUT2D eigenvalue weighted by Crippen LogP contribution is 2.49. The summed E-state index contributed by atoms with van der Waals surface area (Å²) >= 11 is 0. The van der Waals surface area contributed by atoms with Gasteiger partial charge in [-0.15, -0.1) is 13.2 Å². The van der Waals surface area contributed by atoms with Crippen LogP contribution < -0.4 is 15.4 Å². The highest BCUT2D eigenvalue weighted by molar-refractivity contribution is 6.05. The van der Waals surface area contributed by atoms with Gasteiger partial charge in [-0.25, -0.2) is 0 Å². The van der Waals surface area contributed by atoms with Crippen molar-refractivity contribution in [2.75, 3.05) is 11.5 Å². The largest absolute Gasteiger partial charge is 0.573 e. The van der Waals surface area contributed by atoms with E-state index in [1.165, 1.54) is 18.2 Å². The van der Waals surface area contributed by atoms with Gasteiger partial charge in [-0.3, -0.25) is 9.59 Å². The van der Waals surface area contributed by atoms with E-state index in [1.54, 1.807) is 6.07 Å². The first-order valence-corrected chi connectivity index (χ1v) is 14.2. The molecule has 2 aliphatic carbocycles. The van der Waals surface area contributed by atoms with Crippen LogP contribution in [0.5, 0.6) is 5.75 Å². The molecule has 41 heavy (non-hydrogen) atoms. The number of piperidine rings is 1. The summed E-state index contributed by atoms with van der Waals surface area (Å²) in [7, 11) is 0. The molecule has 2 aliphatic heterocycles. The number of ketones is 1. The van der Waals surface area contributed by atoms with Gasteiger partial charge in [-0.2, -0.15) is 0 Å². The molecule has 2 bridgehead atoms. The van der Waals surface area contributed by atoms with E-state index in [1.807, 2.05) is 24.3 Å². The van der Waals surface area contributed by atoms with Crippen LogP contribution in [0, 0.1) is 5.92 Å². The summed E-state index contributed by atoms with van der Waals surface area (Å²) in [4.78, 5) is 27.3. The van der Waals surface area contributed by atoms with Gasteiger partial charge in [-0.05, 0) is 81.2 Å². The summed E-state index contributed by atoms with van der Waals surface area (Å²) < 4.78 is 49.5. The third-order valence-electron chi connectivity index (χ3n) is 9.00. The van der Waals surface area contributed by atoms with Crippen LogP contribution in [0.25, 0.3) is 5.70 Å². The summed E-state index contributed by atoms with van der Waals surface area (Å²) in [6, 6.07) is 13.9. The molecule has 2 heterocycles. The Morgan fingerprint density at radius 3 is 2.17 bits per heavy atom. The minimum atomic E-state index is -4.89. The number of hydrogen-bond acceptors (Lipinski definition) is 6. The quantitative estimate of drug-likeness (QED) is 0.360. The van der Waals surface area contributed by atoms with Crippen LogP contribution in [0.1, 0.15) is 62.5 Å². The molecule has 0 radical (unpaired) electrons. The van der Waals surface area contributed by atoms with Gasteiger partial charge in [-0.1, -0.05) is 24.3 Å². The van der Waals surface area contributed by atoms with Gasteiger partial charge in [0.05, 0.1) is 23.8 Å². The molecule has 0 aromatic heterocycles. The highest BCUT2D eigenvalue weighted by atomic mass is 19.4. The molecule has 0 amide bonds. The fourth-order valence-electron chi connectivity index (χ4n) is 6.53. The monoisotopic (exact) mass is 570 g/mol. The van der Waals surface area contributed by atoms with E-state index in [0.29, 0.717) is 12.8 Å². The first kappa shape index (κ1) is 27.6. The number of Topliss-reactive ketones (excluding diaryl/α,β-unsaturated/α-hetero) is 1. The Hall–Kier alpha value is -3.53. The molecular formula is C31H33F3N2O5. The molecule has 4 aliphatic rings. The highest BCUT2D eigenvalue weighted by Gasteiger charge is 2.52. The molecule has 2 unspecified atom stereocenters. The van der Waals surface area contributed by atoms with Crippen LogP contribution in [0.4, 0.5) is 18.9 Å². The van der Waals surface area contributed by atoms with E-state index in [2.05, 4.69) is 9.64 Å². The summed E-state index contributed by atoms with van der Waals surface area (Å²) in [5, 5.41) is 9.61. The van der Waals surface area contributed by atoms with E-state index in [4.69, 9.17) is 10.5 Å². The van der Waals surface area contributed by atoms with Gasteiger partial charge in [0.15, 0.2) is 5.78 Å². The second-order valence-electron chi connectivity index (χ2n) is 11.7. The molecule has 3 atom stereocenters. The predicted octanol–water partition coefficient (Wildman–Crippen LogP) is 5.57. The maximum Gasteiger partial charge on any atom is 0.573 e. The number of carbonyl (C=O) groups is 2. The lowest BCUT2D eigenvalue weighted by molar-refractivity contribution is -0.274. The standard InChI is InChI=1S/C31H33F3N2O5/c32-31(33,34)41-26-4-2-1-3-24(26)27(35)25(28(37)18-5-6-18)17-40-23-15-21-11-12-22(16-23)36(21)20-9-7-19(8-10-20)30(13-14-30)29(38)39/h1-4,7-10,18,21-23H,5-6,11-17,35H2,(H,38,39)/t21-,22?,23?/m0/s1. The maximum absolute atomic E-state index is 13.2. The Labute approximate surface area is 236 Å². The van der Waals surface area contributed by atoms with Crippen LogP contribution in [-0.4, -0.2) is 48.0 Å². The summed E-state index contributed by atoms with van der Waals surface area (Å²) in [6.45, 7) is -0.0718. The lowest BCUT2D eigenvalue weighted by atomic mass is 9.94. The number of rotatable bonds is 10. The lowest BCUT2D eigenvalue weighted by Crippen LogP contribution is -2.45. The van der Waals surface area contributed by atoms with Crippen molar-refractivity contribution in [3.63, 3.8) is 0 Å². The smallest absolute Gasteiger partial charge is 0.481 e. The van der Waals surface area contributed by atoms with Crippen LogP contribution in [0.2, 0.25) is 0 Å². The number of fused-ring (bicyclic) bond motifs is 2. The zero-order valence-corrected chi connectivity index (χ0v) is 22.5. The second kappa shape index (κ2) is 10.4. The van der Waals surface area contributed by atoms with E-state index in [-0.39, 0.29) is 53.3 Å². The topological polar surface area (TPSA) is 102 Å². The van der Waals surface area contributed by atoms with Crippen molar-refractivity contribution >= 4 is 23.1 Å². The van der Waals surface area contributed by atoms with Gasteiger partial charge in [0.2, 0.25) is 0 Å². The van der Waals surface area contributed by atoms with Crippen LogP contribution in [0.3, 0.4) is 0 Å². The molecule has 0 spiro atoms. The number of halogens is 3. The van der Waals surface area contributed by atoms with Crippen LogP contribution in [-0.2, 0) is 19.7 Å². The number of hydrogen-bond donors (Lipinski definition) is 2. The predicted molar refractivity (Wildman–Crippen MR) is 145 cm³/mol. The van der Waals surface area contributed by atoms with Gasteiger partial charge in [0, 0.05) is 34.8 Å². The molecular weight excluding hydrogens is 537 g/mol. The Kier molecular flexibility index (Phi) is 7.00. The molecule has 218 valence electrons. The van der Waals surface area contributed by atoms with E-state index < -0.39 is 23.5 Å². The zero-order chi connectivity index (χ0) is 28.9. The van der Waals surface area contributed by atoms with Gasteiger partial charge in [0.25, 0.3) is 0 Å². The lowest BCUT2D eigenvalue weighted by Gasteiger charge is -2.40. The van der Waals surface area contributed by atoms with Gasteiger partial charge >= 0.3 is 12.3 Å². The summed E-state index contributed by atoms with van der Waals surface area (Å²) in [5.74, 6) is -1.58. The minimum Gasteiger partial charge on any atom is -0.481 e. The number of carboxylic acids is 1. The second-order valence-corrected chi connectivity index (χ2v) is 11.7. The van der Waals surface area contributed by atoms with Crippen molar-refractivity contribution in [2.24, 2.45) is 11.7 Å². The maximum atomic E-state index is 13.2. The minimum absolute atomic E-state index is 0.0200. The van der Waals surface area contributed by atoms with E-state index in [9.17, 15) is 27.9 Å². The fourth-order valence-corrected chi connectivity index (χ4v) is 6.53. The third-order valence-corrected chi connectivity index (χ3v) is 9.00. The molecule has 3 N–H and O–H groups in total. The molecule has 2 aromatic carbocycles. The molecule has 10 heteroatoms. The number of alkyl halides is 3. The van der Waals surface area contributed by atoms with Crippen molar-refractivity contribution < 1.29 is 37.3 Å². The number of benzene rings is 2. The Morgan fingerprint density at radius 2 is 1.61 bits per heavy atom. The van der Waals surface area contributed by atoms with Crippen molar-refractivity contribution in [1.29, 1.82) is 0 Å². The van der Waals surface area contributed by atoms with E-state index >= 15 is 0 Å². The van der Waals surface area contributed by atoms with Gasteiger partial charge < -0.3 is 25.2 Å². The van der Waals surface area contributed by atoms with Crippen molar-refractivity contribution in [3.05, 3.63) is 65.2 Å². The number of ether oxygens (including phenoxy) is 2. The number of anilines is 1. The summed E-state index contributed by atoms with van der Waals surface area (Å²) in [6.07, 6.45) is 1.26. The number of nitrogens with two attached hydrogens (primary N) is 1. The first-order valence-electron chi connectivity index (χ1n) is 14.2. The molecule has 4 fully saturated rings.